The Kier molecular flexibility index (Phi) is 5.09. The fraction of sp³-hybridized carbons (Fsp3) is 0.421. The molecule has 0 saturated heterocycles. The summed E-state index contributed by atoms with van der Waals surface area (Å²) >= 11 is 1.53. The maximum Gasteiger partial charge on any atom is 0.263 e. The number of hydrogen-bond acceptors (Lipinski definition) is 4. The van der Waals surface area contributed by atoms with E-state index >= 15 is 0 Å². The molecule has 0 spiro atoms. The van der Waals surface area contributed by atoms with Crippen molar-refractivity contribution >= 4 is 27.9 Å². The molecule has 5 heteroatoms. The molecule has 0 atom stereocenters. The number of amides is 1. The van der Waals surface area contributed by atoms with Crippen molar-refractivity contribution in [3.63, 3.8) is 0 Å². The molecule has 4 nitrogen and oxygen atoms in total. The molecule has 0 aliphatic heterocycles. The second kappa shape index (κ2) is 7.26. The van der Waals surface area contributed by atoms with E-state index in [1.165, 1.54) is 35.3 Å². The van der Waals surface area contributed by atoms with E-state index in [0.29, 0.717) is 23.0 Å². The van der Waals surface area contributed by atoms with Gasteiger partial charge in [-0.2, -0.15) is 0 Å². The maximum absolute atomic E-state index is 12.4. The van der Waals surface area contributed by atoms with Gasteiger partial charge in [-0.15, -0.1) is 11.3 Å². The summed E-state index contributed by atoms with van der Waals surface area (Å²) in [6.45, 7) is 3.55. The molecule has 1 aromatic carbocycles. The third-order valence-electron chi connectivity index (χ3n) is 4.30. The summed E-state index contributed by atoms with van der Waals surface area (Å²) in [5.74, 6) is 0.475. The molecule has 24 heavy (non-hydrogen) atoms. The number of benzene rings is 1. The summed E-state index contributed by atoms with van der Waals surface area (Å²) in [4.78, 5) is 15.3. The molecule has 1 heterocycles. The third-order valence-corrected chi connectivity index (χ3v) is 5.63. The molecule has 0 unspecified atom stereocenters. The van der Waals surface area contributed by atoms with Crippen molar-refractivity contribution in [1.82, 2.24) is 5.32 Å². The summed E-state index contributed by atoms with van der Waals surface area (Å²) in [7, 11) is 2.08. The monoisotopic (exact) mass is 343 g/mol. The van der Waals surface area contributed by atoms with Crippen LogP contribution in [0.1, 0.15) is 52.9 Å². The summed E-state index contributed by atoms with van der Waals surface area (Å²) in [6, 6.07) is 10.4. The van der Waals surface area contributed by atoms with Crippen molar-refractivity contribution in [2.24, 2.45) is 0 Å². The van der Waals surface area contributed by atoms with Crippen LogP contribution in [0.5, 0.6) is 0 Å². The van der Waals surface area contributed by atoms with E-state index in [1.54, 1.807) is 0 Å². The number of nitrogens with two attached hydrogens (primary N) is 1. The number of nitrogen functional groups attached to an aromatic ring is 1. The minimum absolute atomic E-state index is 0.0411. The Morgan fingerprint density at radius 2 is 2.04 bits per heavy atom. The van der Waals surface area contributed by atoms with Crippen molar-refractivity contribution < 1.29 is 4.79 Å². The normalized spacial score (nSPS) is 13.8. The molecule has 0 bridgehead atoms. The SMILES string of the molecule is CCCNC(=O)c1sc(N(C)Cc2ccccc2)c(C2CC2)c1N. The fourth-order valence-electron chi connectivity index (χ4n) is 2.91. The number of rotatable bonds is 7. The van der Waals surface area contributed by atoms with Crippen molar-refractivity contribution in [3.05, 3.63) is 46.3 Å². The minimum atomic E-state index is -0.0411. The lowest BCUT2D eigenvalue weighted by molar-refractivity contribution is 0.0958. The zero-order chi connectivity index (χ0) is 17.1. The number of hydrogen-bond donors (Lipinski definition) is 2. The lowest BCUT2D eigenvalue weighted by atomic mass is 10.1. The summed E-state index contributed by atoms with van der Waals surface area (Å²) < 4.78 is 0. The molecule has 1 fully saturated rings. The van der Waals surface area contributed by atoms with Crippen LogP contribution in [0.15, 0.2) is 30.3 Å². The van der Waals surface area contributed by atoms with Gasteiger partial charge in [-0.25, -0.2) is 0 Å². The highest BCUT2D eigenvalue weighted by atomic mass is 32.1. The number of thiophene rings is 1. The van der Waals surface area contributed by atoms with Gasteiger partial charge in [-0.3, -0.25) is 4.79 Å². The van der Waals surface area contributed by atoms with Gasteiger partial charge in [0.05, 0.1) is 10.7 Å². The molecule has 0 radical (unpaired) electrons. The van der Waals surface area contributed by atoms with Crippen molar-refractivity contribution in [3.8, 4) is 0 Å². The number of nitrogens with one attached hydrogen (secondary N) is 1. The summed E-state index contributed by atoms with van der Waals surface area (Å²) in [6.07, 6.45) is 3.26. The smallest absolute Gasteiger partial charge is 0.263 e. The van der Waals surface area contributed by atoms with Gasteiger partial charge in [0.2, 0.25) is 0 Å². The molecule has 1 saturated carbocycles. The molecular weight excluding hydrogens is 318 g/mol. The largest absolute Gasteiger partial charge is 0.397 e. The quantitative estimate of drug-likeness (QED) is 0.799. The summed E-state index contributed by atoms with van der Waals surface area (Å²) in [5, 5.41) is 4.09. The first-order chi connectivity index (χ1) is 11.6. The van der Waals surface area contributed by atoms with Crippen LogP contribution in [0.25, 0.3) is 0 Å². The van der Waals surface area contributed by atoms with Crippen LogP contribution in [-0.4, -0.2) is 19.5 Å². The number of anilines is 2. The molecule has 2 aromatic rings. The first-order valence-electron chi connectivity index (χ1n) is 8.57. The Morgan fingerprint density at radius 1 is 1.33 bits per heavy atom. The Balaban J connectivity index is 1.87. The molecule has 1 aliphatic carbocycles. The van der Waals surface area contributed by atoms with Crippen molar-refractivity contribution in [1.29, 1.82) is 0 Å². The van der Waals surface area contributed by atoms with Gasteiger partial charge in [0.25, 0.3) is 5.91 Å². The molecular formula is C19H25N3OS. The minimum Gasteiger partial charge on any atom is -0.397 e. The second-order valence-electron chi connectivity index (χ2n) is 6.44. The summed E-state index contributed by atoms with van der Waals surface area (Å²) in [5.41, 5.74) is 9.49. The Bertz CT molecular complexity index is 707. The predicted molar refractivity (Wildman–Crippen MR) is 102 cm³/mol. The van der Waals surface area contributed by atoms with E-state index in [2.05, 4.69) is 41.5 Å². The van der Waals surface area contributed by atoms with E-state index in [4.69, 9.17) is 5.73 Å². The number of carbonyl (C=O) groups is 1. The van der Waals surface area contributed by atoms with E-state index in [0.717, 1.165) is 18.0 Å². The van der Waals surface area contributed by atoms with Gasteiger partial charge in [0.1, 0.15) is 4.88 Å². The van der Waals surface area contributed by atoms with E-state index < -0.39 is 0 Å². The zero-order valence-corrected chi connectivity index (χ0v) is 15.2. The number of carbonyl (C=O) groups excluding carboxylic acids is 1. The van der Waals surface area contributed by atoms with E-state index in [1.807, 2.05) is 13.0 Å². The maximum atomic E-state index is 12.4. The Labute approximate surface area is 147 Å². The average Bonchev–Trinajstić information content (AvgIpc) is 3.36. The van der Waals surface area contributed by atoms with Crippen LogP contribution < -0.4 is 16.0 Å². The molecule has 128 valence electrons. The lowest BCUT2D eigenvalue weighted by Crippen LogP contribution is -2.23. The number of nitrogens with zero attached hydrogens (tertiary/aromatic N) is 1. The first kappa shape index (κ1) is 16.8. The van der Waals surface area contributed by atoms with Crippen LogP contribution in [0.3, 0.4) is 0 Å². The van der Waals surface area contributed by atoms with Gasteiger partial charge in [-0.1, -0.05) is 37.3 Å². The van der Waals surface area contributed by atoms with Gasteiger partial charge in [-0.05, 0) is 30.7 Å². The highest BCUT2D eigenvalue weighted by Crippen LogP contribution is 2.51. The molecule has 1 amide bonds. The van der Waals surface area contributed by atoms with Gasteiger partial charge < -0.3 is 16.0 Å². The van der Waals surface area contributed by atoms with Gasteiger partial charge in [0.15, 0.2) is 0 Å². The zero-order valence-electron chi connectivity index (χ0n) is 14.3. The van der Waals surface area contributed by atoms with Crippen LogP contribution >= 0.6 is 11.3 Å². The lowest BCUT2D eigenvalue weighted by Gasteiger charge is -2.19. The van der Waals surface area contributed by atoms with Crippen LogP contribution in [-0.2, 0) is 6.54 Å². The highest BCUT2D eigenvalue weighted by Gasteiger charge is 2.34. The third kappa shape index (κ3) is 3.56. The molecule has 3 rings (SSSR count). The first-order valence-corrected chi connectivity index (χ1v) is 9.38. The second-order valence-corrected chi connectivity index (χ2v) is 7.43. The fourth-order valence-corrected chi connectivity index (χ4v) is 4.10. The predicted octanol–water partition coefficient (Wildman–Crippen LogP) is 3.98. The Morgan fingerprint density at radius 3 is 2.67 bits per heavy atom. The van der Waals surface area contributed by atoms with Crippen LogP contribution in [0.4, 0.5) is 10.7 Å². The topological polar surface area (TPSA) is 58.4 Å². The van der Waals surface area contributed by atoms with Crippen LogP contribution in [0, 0.1) is 0 Å². The standard InChI is InChI=1S/C19H25N3OS/c1-3-11-21-18(23)17-16(20)15(14-9-10-14)19(24-17)22(2)12-13-7-5-4-6-8-13/h4-8,14H,3,9-12,20H2,1-2H3,(H,21,23). The highest BCUT2D eigenvalue weighted by molar-refractivity contribution is 7.18. The Hall–Kier alpha value is -2.01. The van der Waals surface area contributed by atoms with Gasteiger partial charge in [0, 0.05) is 25.7 Å². The van der Waals surface area contributed by atoms with E-state index in [9.17, 15) is 4.79 Å². The van der Waals surface area contributed by atoms with Crippen LogP contribution in [0.2, 0.25) is 0 Å². The average molecular weight is 343 g/mol. The molecule has 1 aliphatic rings. The van der Waals surface area contributed by atoms with Gasteiger partial charge >= 0.3 is 0 Å². The van der Waals surface area contributed by atoms with Crippen molar-refractivity contribution in [2.75, 3.05) is 24.2 Å². The van der Waals surface area contributed by atoms with Crippen molar-refractivity contribution in [2.45, 2.75) is 38.6 Å². The van der Waals surface area contributed by atoms with E-state index in [-0.39, 0.29) is 5.91 Å². The molecule has 1 aromatic heterocycles. The molecule has 3 N–H and O–H groups in total.